The van der Waals surface area contributed by atoms with Crippen LogP contribution in [0.1, 0.15) is 42.4 Å². The monoisotopic (exact) mass is 466 g/mol. The third-order valence-electron chi connectivity index (χ3n) is 5.59. The zero-order valence-electron chi connectivity index (χ0n) is 19.2. The second kappa shape index (κ2) is 10.3. The standard InChI is InChI=1S/C25H27N3O6/c1-3-32-18-9-8-17(15-20(18)33-4-2)22-21(23(29)19-7-5-14-34-19)24(30)25(31)28(22)12-6-11-27-13-10-26-16-27/h5,7-10,13-16,22H,3-4,6,11-12H2,1-2H3,(H,29,30)/p+1. The van der Waals surface area contributed by atoms with Crippen molar-refractivity contribution in [3.8, 4) is 11.5 Å². The quantitative estimate of drug-likeness (QED) is 0.331. The maximum Gasteiger partial charge on any atom is 0.290 e. The summed E-state index contributed by atoms with van der Waals surface area (Å²) >= 11 is 0. The number of furan rings is 1. The van der Waals surface area contributed by atoms with Crippen molar-refractivity contribution in [2.75, 3.05) is 19.8 Å². The molecule has 0 spiro atoms. The number of carbonyl (C=O) groups excluding carboxylic acids is 2. The highest BCUT2D eigenvalue weighted by molar-refractivity contribution is 6.15. The Labute approximate surface area is 197 Å². The lowest BCUT2D eigenvalue weighted by Crippen LogP contribution is -2.36. The number of hydrogen-bond acceptors (Lipinski definition) is 6. The minimum Gasteiger partial charge on any atom is -0.503 e. The van der Waals surface area contributed by atoms with Crippen LogP contribution in [0.25, 0.3) is 0 Å². The molecule has 2 N–H and O–H groups in total. The predicted octanol–water partition coefficient (Wildman–Crippen LogP) is 3.36. The second-order valence-electron chi connectivity index (χ2n) is 7.74. The Kier molecular flexibility index (Phi) is 7.01. The number of imidazole rings is 1. The molecule has 1 aliphatic heterocycles. The number of ketones is 1. The Hall–Kier alpha value is -4.01. The molecule has 0 radical (unpaired) electrons. The van der Waals surface area contributed by atoms with E-state index in [-0.39, 0.29) is 11.3 Å². The number of amides is 1. The van der Waals surface area contributed by atoms with Gasteiger partial charge in [0, 0.05) is 13.0 Å². The molecule has 9 heteroatoms. The Bertz CT molecular complexity index is 1170. The molecule has 1 amide bonds. The van der Waals surface area contributed by atoms with Gasteiger partial charge in [-0.3, -0.25) is 14.6 Å². The van der Waals surface area contributed by atoms with Crippen LogP contribution in [0, 0.1) is 0 Å². The Balaban J connectivity index is 1.71. The van der Waals surface area contributed by atoms with Crippen molar-refractivity contribution in [2.45, 2.75) is 32.9 Å². The van der Waals surface area contributed by atoms with Crippen molar-refractivity contribution >= 4 is 11.7 Å². The minimum atomic E-state index is -0.795. The van der Waals surface area contributed by atoms with Gasteiger partial charge < -0.3 is 23.9 Å². The average Bonchev–Trinajstić information content (AvgIpc) is 3.59. The Morgan fingerprint density at radius 3 is 2.68 bits per heavy atom. The molecule has 0 aliphatic carbocycles. The molecule has 3 heterocycles. The van der Waals surface area contributed by atoms with E-state index < -0.39 is 23.5 Å². The Morgan fingerprint density at radius 2 is 2.00 bits per heavy atom. The van der Waals surface area contributed by atoms with E-state index in [1.54, 1.807) is 24.3 Å². The van der Waals surface area contributed by atoms with E-state index in [4.69, 9.17) is 13.9 Å². The number of aliphatic hydroxyl groups is 1. The maximum atomic E-state index is 13.3. The average molecular weight is 467 g/mol. The summed E-state index contributed by atoms with van der Waals surface area (Å²) in [4.78, 5) is 30.9. The third kappa shape index (κ3) is 4.54. The van der Waals surface area contributed by atoms with Gasteiger partial charge in [-0.05, 0) is 43.7 Å². The molecule has 0 saturated carbocycles. The first-order valence-electron chi connectivity index (χ1n) is 11.3. The summed E-state index contributed by atoms with van der Waals surface area (Å²) in [6.45, 7) is 5.62. The van der Waals surface area contributed by atoms with Gasteiger partial charge >= 0.3 is 0 Å². The SMILES string of the molecule is CCOc1ccc(C2C(C(=O)c3ccco3)=C(O)C(=O)N2CCC[n+]2cc[nH]c2)cc1OCC. The zero-order valence-corrected chi connectivity index (χ0v) is 19.2. The number of aliphatic hydroxyl groups excluding tert-OH is 1. The van der Waals surface area contributed by atoms with Gasteiger partial charge in [0.25, 0.3) is 5.91 Å². The van der Waals surface area contributed by atoms with Crippen molar-refractivity contribution in [3.63, 3.8) is 0 Å². The van der Waals surface area contributed by atoms with Crippen LogP contribution < -0.4 is 14.0 Å². The number of hydrogen-bond donors (Lipinski definition) is 2. The first-order valence-corrected chi connectivity index (χ1v) is 11.3. The number of H-pyrrole nitrogens is 1. The van der Waals surface area contributed by atoms with E-state index in [9.17, 15) is 14.7 Å². The third-order valence-corrected chi connectivity index (χ3v) is 5.59. The van der Waals surface area contributed by atoms with E-state index in [0.29, 0.717) is 49.8 Å². The van der Waals surface area contributed by atoms with Gasteiger partial charge in [-0.25, -0.2) is 4.57 Å². The molecule has 9 nitrogen and oxygen atoms in total. The van der Waals surface area contributed by atoms with Crippen LogP contribution in [0.2, 0.25) is 0 Å². The van der Waals surface area contributed by atoms with Gasteiger partial charge in [-0.15, -0.1) is 0 Å². The number of nitrogens with one attached hydrogen (secondary N) is 1. The number of aryl methyl sites for hydroxylation is 1. The van der Waals surface area contributed by atoms with Gasteiger partial charge in [-0.2, -0.15) is 0 Å². The van der Waals surface area contributed by atoms with Crippen molar-refractivity contribution in [1.29, 1.82) is 0 Å². The van der Waals surface area contributed by atoms with Crippen LogP contribution in [0.3, 0.4) is 0 Å². The van der Waals surface area contributed by atoms with E-state index in [1.807, 2.05) is 37.1 Å². The fourth-order valence-corrected chi connectivity index (χ4v) is 4.12. The van der Waals surface area contributed by atoms with Crippen LogP contribution >= 0.6 is 0 Å². The summed E-state index contributed by atoms with van der Waals surface area (Å²) in [7, 11) is 0. The molecule has 0 fully saturated rings. The highest BCUT2D eigenvalue weighted by atomic mass is 16.5. The van der Waals surface area contributed by atoms with E-state index in [2.05, 4.69) is 4.98 Å². The summed E-state index contributed by atoms with van der Waals surface area (Å²) in [5, 5.41) is 10.8. The molecule has 2 aromatic heterocycles. The summed E-state index contributed by atoms with van der Waals surface area (Å²) in [5.74, 6) is -0.554. The number of carbonyl (C=O) groups is 2. The zero-order chi connectivity index (χ0) is 24.1. The lowest BCUT2D eigenvalue weighted by Gasteiger charge is -2.27. The first kappa shape index (κ1) is 23.2. The number of nitrogens with zero attached hydrogens (tertiary/aromatic N) is 2. The molecule has 0 saturated heterocycles. The van der Waals surface area contributed by atoms with Crippen molar-refractivity contribution in [3.05, 3.63) is 78.0 Å². The van der Waals surface area contributed by atoms with Gasteiger partial charge in [-0.1, -0.05) is 6.07 Å². The van der Waals surface area contributed by atoms with E-state index in [0.717, 1.165) is 0 Å². The molecule has 1 aliphatic rings. The molecule has 1 unspecified atom stereocenters. The molecule has 3 aromatic rings. The smallest absolute Gasteiger partial charge is 0.290 e. The first-order chi connectivity index (χ1) is 16.5. The summed E-state index contributed by atoms with van der Waals surface area (Å²) in [6, 6.07) is 7.61. The van der Waals surface area contributed by atoms with Gasteiger partial charge in [0.2, 0.25) is 12.1 Å². The largest absolute Gasteiger partial charge is 0.503 e. The van der Waals surface area contributed by atoms with E-state index in [1.165, 1.54) is 17.2 Å². The van der Waals surface area contributed by atoms with Crippen molar-refractivity contribution < 1.29 is 33.2 Å². The summed E-state index contributed by atoms with van der Waals surface area (Å²) < 4.78 is 18.7. The van der Waals surface area contributed by atoms with Crippen LogP contribution in [0.5, 0.6) is 11.5 Å². The normalized spacial score (nSPS) is 15.8. The number of benzene rings is 1. The van der Waals surface area contributed by atoms with Gasteiger partial charge in [0.05, 0.1) is 37.6 Å². The second-order valence-corrected chi connectivity index (χ2v) is 7.74. The van der Waals surface area contributed by atoms with Crippen LogP contribution in [-0.4, -0.2) is 46.4 Å². The van der Waals surface area contributed by atoms with Crippen molar-refractivity contribution in [2.24, 2.45) is 0 Å². The summed E-state index contributed by atoms with van der Waals surface area (Å²) in [5.41, 5.74) is 0.620. The highest BCUT2D eigenvalue weighted by Crippen LogP contribution is 2.41. The molecule has 178 valence electrons. The molecular weight excluding hydrogens is 438 g/mol. The molecular formula is C25H28N3O6+. The fraction of sp³-hybridized carbons (Fsp3) is 0.320. The van der Waals surface area contributed by atoms with Gasteiger partial charge in [0.1, 0.15) is 12.4 Å². The number of ether oxygens (including phenoxy) is 2. The fourth-order valence-electron chi connectivity index (χ4n) is 4.12. The molecule has 34 heavy (non-hydrogen) atoms. The summed E-state index contributed by atoms with van der Waals surface area (Å²) in [6.07, 6.45) is 7.53. The lowest BCUT2D eigenvalue weighted by atomic mass is 9.94. The lowest BCUT2D eigenvalue weighted by molar-refractivity contribution is -0.695. The minimum absolute atomic E-state index is 0.0131. The van der Waals surface area contributed by atoms with E-state index >= 15 is 0 Å². The number of aromatic nitrogens is 2. The van der Waals surface area contributed by atoms with Crippen molar-refractivity contribution in [1.82, 2.24) is 9.88 Å². The molecule has 1 atom stereocenters. The van der Waals surface area contributed by atoms with Gasteiger partial charge in [0.15, 0.2) is 23.0 Å². The Morgan fingerprint density at radius 1 is 1.21 bits per heavy atom. The molecule has 0 bridgehead atoms. The van der Waals surface area contributed by atoms with Crippen LogP contribution in [-0.2, 0) is 11.3 Å². The van der Waals surface area contributed by atoms with Crippen LogP contribution in [0.15, 0.2) is 71.1 Å². The number of rotatable bonds is 11. The predicted molar refractivity (Wildman–Crippen MR) is 122 cm³/mol. The molecule has 4 rings (SSSR count). The van der Waals surface area contributed by atoms with Crippen LogP contribution in [0.4, 0.5) is 0 Å². The topological polar surface area (TPSA) is 109 Å². The number of aromatic amines is 1. The molecule has 1 aromatic carbocycles. The number of Topliss-reactive ketones (excluding diaryl/α,β-unsaturated/α-hetero) is 1. The maximum absolute atomic E-state index is 13.3. The highest BCUT2D eigenvalue weighted by Gasteiger charge is 2.44.